The summed E-state index contributed by atoms with van der Waals surface area (Å²) in [6.45, 7) is 10.2. The second-order valence-corrected chi connectivity index (χ2v) is 10.4. The molecule has 0 N–H and O–H groups in total. The predicted molar refractivity (Wildman–Crippen MR) is 136 cm³/mol. The Balaban J connectivity index is 1.85. The number of hydrogen-bond donors (Lipinski definition) is 0. The minimum absolute atomic E-state index is 0.0775. The first-order chi connectivity index (χ1) is 15.9. The Morgan fingerprint density at radius 2 is 1.21 bits per heavy atom. The van der Waals surface area contributed by atoms with Crippen molar-refractivity contribution < 1.29 is 14.3 Å². The molecule has 0 amide bonds. The summed E-state index contributed by atoms with van der Waals surface area (Å²) in [6.07, 6.45) is 2.42. The van der Waals surface area contributed by atoms with Gasteiger partial charge in [-0.05, 0) is 68.5 Å². The SMILES string of the molecule is CCC(CC)(CC)OC(=O)COc1c(C)cc([S+](c2ccccc2)c2ccccc2)cc1C. The van der Waals surface area contributed by atoms with Crippen LogP contribution in [-0.2, 0) is 20.4 Å². The summed E-state index contributed by atoms with van der Waals surface area (Å²) in [4.78, 5) is 16.3. The molecule has 0 unspecified atom stereocenters. The fourth-order valence-corrected chi connectivity index (χ4v) is 6.41. The molecule has 0 saturated heterocycles. The summed E-state index contributed by atoms with van der Waals surface area (Å²) in [5.41, 5.74) is 1.65. The van der Waals surface area contributed by atoms with Crippen molar-refractivity contribution >= 4 is 16.9 Å². The maximum Gasteiger partial charge on any atom is 0.344 e. The van der Waals surface area contributed by atoms with E-state index in [0.29, 0.717) is 0 Å². The van der Waals surface area contributed by atoms with Crippen LogP contribution < -0.4 is 4.74 Å². The van der Waals surface area contributed by atoms with Gasteiger partial charge in [-0.25, -0.2) is 4.79 Å². The zero-order valence-electron chi connectivity index (χ0n) is 20.4. The Bertz CT molecular complexity index is 972. The highest BCUT2D eigenvalue weighted by Crippen LogP contribution is 2.35. The molecule has 33 heavy (non-hydrogen) atoms. The summed E-state index contributed by atoms with van der Waals surface area (Å²) in [5.74, 6) is 0.451. The Hall–Kier alpha value is -2.72. The molecule has 0 saturated carbocycles. The summed E-state index contributed by atoms with van der Waals surface area (Å²) in [5, 5.41) is 0. The smallest absolute Gasteiger partial charge is 0.344 e. The zero-order valence-corrected chi connectivity index (χ0v) is 21.2. The van der Waals surface area contributed by atoms with Gasteiger partial charge in [0.15, 0.2) is 21.3 Å². The van der Waals surface area contributed by atoms with Crippen LogP contribution in [0.25, 0.3) is 0 Å². The molecular formula is C29H35O3S+. The topological polar surface area (TPSA) is 35.5 Å². The minimum atomic E-state index is -0.395. The summed E-state index contributed by atoms with van der Waals surface area (Å²) >= 11 is 0. The molecule has 0 aliphatic carbocycles. The third-order valence-electron chi connectivity index (χ3n) is 6.23. The first-order valence-corrected chi connectivity index (χ1v) is 13.0. The molecule has 3 aromatic carbocycles. The molecule has 3 rings (SSSR count). The van der Waals surface area contributed by atoms with E-state index in [-0.39, 0.29) is 23.5 Å². The third kappa shape index (κ3) is 6.00. The Labute approximate surface area is 201 Å². The molecule has 0 spiro atoms. The average molecular weight is 464 g/mol. The number of ether oxygens (including phenoxy) is 2. The van der Waals surface area contributed by atoms with Crippen molar-refractivity contribution in [1.82, 2.24) is 0 Å². The summed E-state index contributed by atoms with van der Waals surface area (Å²) in [7, 11) is -0.221. The lowest BCUT2D eigenvalue weighted by molar-refractivity contribution is -0.163. The number of aryl methyl sites for hydroxylation is 2. The van der Waals surface area contributed by atoms with Crippen molar-refractivity contribution in [2.24, 2.45) is 0 Å². The van der Waals surface area contributed by atoms with Crippen LogP contribution in [0.3, 0.4) is 0 Å². The lowest BCUT2D eigenvalue weighted by atomic mass is 9.94. The fraction of sp³-hybridized carbons (Fsp3) is 0.345. The van der Waals surface area contributed by atoms with Gasteiger partial charge in [-0.1, -0.05) is 57.2 Å². The van der Waals surface area contributed by atoms with E-state index in [2.05, 4.69) is 81.4 Å². The maximum atomic E-state index is 12.5. The third-order valence-corrected chi connectivity index (χ3v) is 8.42. The average Bonchev–Trinajstić information content (AvgIpc) is 2.84. The number of hydrogen-bond acceptors (Lipinski definition) is 3. The van der Waals surface area contributed by atoms with Crippen LogP contribution in [0.4, 0.5) is 0 Å². The van der Waals surface area contributed by atoms with Gasteiger partial charge in [-0.3, -0.25) is 0 Å². The van der Waals surface area contributed by atoms with Gasteiger partial charge in [0.1, 0.15) is 11.4 Å². The van der Waals surface area contributed by atoms with E-state index in [0.717, 1.165) is 36.1 Å². The molecule has 0 radical (unpaired) electrons. The van der Waals surface area contributed by atoms with E-state index < -0.39 is 5.60 Å². The number of esters is 1. The molecule has 0 aliphatic rings. The van der Waals surface area contributed by atoms with Crippen LogP contribution in [0.1, 0.15) is 51.2 Å². The Morgan fingerprint density at radius 3 is 1.64 bits per heavy atom. The second-order valence-electron chi connectivity index (χ2n) is 8.32. The van der Waals surface area contributed by atoms with E-state index in [1.165, 1.54) is 14.7 Å². The van der Waals surface area contributed by atoms with Gasteiger partial charge >= 0.3 is 5.97 Å². The zero-order chi connectivity index (χ0) is 23.8. The van der Waals surface area contributed by atoms with E-state index in [9.17, 15) is 4.79 Å². The quantitative estimate of drug-likeness (QED) is 0.234. The number of benzene rings is 3. The van der Waals surface area contributed by atoms with Gasteiger partial charge in [0, 0.05) is 12.1 Å². The molecule has 0 heterocycles. The number of carbonyl (C=O) groups is 1. The first kappa shape index (κ1) is 24.9. The molecule has 0 bridgehead atoms. The molecule has 0 atom stereocenters. The molecule has 0 aliphatic heterocycles. The molecule has 3 aromatic rings. The predicted octanol–water partition coefficient (Wildman–Crippen LogP) is 7.29. The van der Waals surface area contributed by atoms with Gasteiger partial charge in [-0.15, -0.1) is 0 Å². The summed E-state index contributed by atoms with van der Waals surface area (Å²) < 4.78 is 11.8. The van der Waals surface area contributed by atoms with Crippen molar-refractivity contribution in [3.05, 3.63) is 83.9 Å². The maximum absolute atomic E-state index is 12.5. The minimum Gasteiger partial charge on any atom is -0.481 e. The highest BCUT2D eigenvalue weighted by molar-refractivity contribution is 7.97. The number of carbonyl (C=O) groups excluding carboxylic acids is 1. The van der Waals surface area contributed by atoms with Crippen LogP contribution in [0.5, 0.6) is 5.75 Å². The van der Waals surface area contributed by atoms with Crippen molar-refractivity contribution in [2.75, 3.05) is 6.61 Å². The molecule has 0 aromatic heterocycles. The highest BCUT2D eigenvalue weighted by Gasteiger charge is 2.31. The van der Waals surface area contributed by atoms with Gasteiger partial charge in [0.2, 0.25) is 0 Å². The molecule has 0 fully saturated rings. The van der Waals surface area contributed by atoms with Gasteiger partial charge in [0.25, 0.3) is 0 Å². The van der Waals surface area contributed by atoms with Gasteiger partial charge < -0.3 is 9.47 Å². The van der Waals surface area contributed by atoms with Crippen LogP contribution in [0, 0.1) is 13.8 Å². The molecule has 174 valence electrons. The van der Waals surface area contributed by atoms with Gasteiger partial charge in [0.05, 0.1) is 10.9 Å². The van der Waals surface area contributed by atoms with Crippen molar-refractivity contribution in [1.29, 1.82) is 0 Å². The molecule has 3 nitrogen and oxygen atoms in total. The van der Waals surface area contributed by atoms with Crippen molar-refractivity contribution in [3.8, 4) is 5.75 Å². The summed E-state index contributed by atoms with van der Waals surface area (Å²) in [6, 6.07) is 25.6. The van der Waals surface area contributed by atoms with Crippen LogP contribution >= 0.6 is 0 Å². The Morgan fingerprint density at radius 1 is 0.758 bits per heavy atom. The van der Waals surface area contributed by atoms with Crippen LogP contribution in [0.2, 0.25) is 0 Å². The van der Waals surface area contributed by atoms with E-state index >= 15 is 0 Å². The number of rotatable bonds is 10. The van der Waals surface area contributed by atoms with Crippen molar-refractivity contribution in [3.63, 3.8) is 0 Å². The van der Waals surface area contributed by atoms with Gasteiger partial charge in [-0.2, -0.15) is 0 Å². The molecular weight excluding hydrogens is 428 g/mol. The molecule has 4 heteroatoms. The standard InChI is InChI=1S/C29H35O3S/c1-6-29(7-2,8-3)32-27(30)21-31-28-22(4)19-26(20-23(28)5)33(24-15-11-9-12-16-24)25-17-13-10-14-18-25/h9-20H,6-8,21H2,1-5H3/q+1. The van der Waals surface area contributed by atoms with E-state index in [4.69, 9.17) is 9.47 Å². The second kappa shape index (κ2) is 11.4. The first-order valence-electron chi connectivity index (χ1n) is 11.7. The fourth-order valence-electron chi connectivity index (χ4n) is 4.15. The van der Waals surface area contributed by atoms with E-state index in [1.807, 2.05) is 26.0 Å². The highest BCUT2D eigenvalue weighted by atomic mass is 32.2. The monoisotopic (exact) mass is 463 g/mol. The largest absolute Gasteiger partial charge is 0.481 e. The van der Waals surface area contributed by atoms with E-state index in [1.54, 1.807) is 0 Å². The lowest BCUT2D eigenvalue weighted by Crippen LogP contribution is -2.35. The normalized spacial score (nSPS) is 11.5. The van der Waals surface area contributed by atoms with Crippen LogP contribution in [-0.4, -0.2) is 18.2 Å². The Kier molecular flexibility index (Phi) is 8.62. The lowest BCUT2D eigenvalue weighted by Gasteiger charge is -2.30. The van der Waals surface area contributed by atoms with Crippen molar-refractivity contribution in [2.45, 2.75) is 74.2 Å². The van der Waals surface area contributed by atoms with Crippen LogP contribution in [0.15, 0.2) is 87.5 Å².